The third-order valence-electron chi connectivity index (χ3n) is 4.86. The molecule has 0 aromatic rings. The Balaban J connectivity index is 2.43. The van der Waals surface area contributed by atoms with Crippen LogP contribution in [0.3, 0.4) is 0 Å². The van der Waals surface area contributed by atoms with Crippen molar-refractivity contribution in [2.24, 2.45) is 17.8 Å². The van der Waals surface area contributed by atoms with E-state index in [9.17, 15) is 15.0 Å². The highest BCUT2D eigenvalue weighted by molar-refractivity contribution is 5.69. The van der Waals surface area contributed by atoms with Crippen molar-refractivity contribution < 1.29 is 19.7 Å². The largest absolute Gasteiger partial charge is 0.469 e. The van der Waals surface area contributed by atoms with Crippen molar-refractivity contribution in [3.8, 4) is 0 Å². The number of aliphatic hydroxyl groups is 2. The first-order chi connectivity index (χ1) is 11.5. The van der Waals surface area contributed by atoms with Crippen molar-refractivity contribution in [3.63, 3.8) is 0 Å². The first-order valence-corrected chi connectivity index (χ1v) is 9.27. The fourth-order valence-corrected chi connectivity index (χ4v) is 3.23. The molecule has 24 heavy (non-hydrogen) atoms. The highest BCUT2D eigenvalue weighted by Gasteiger charge is 2.29. The van der Waals surface area contributed by atoms with Crippen LogP contribution in [-0.4, -0.2) is 35.5 Å². The zero-order valence-electron chi connectivity index (χ0n) is 15.4. The van der Waals surface area contributed by atoms with Crippen LogP contribution in [0.4, 0.5) is 0 Å². The van der Waals surface area contributed by atoms with Gasteiger partial charge in [-0.2, -0.15) is 0 Å². The lowest BCUT2D eigenvalue weighted by Crippen LogP contribution is -2.20. The van der Waals surface area contributed by atoms with Gasteiger partial charge in [0.2, 0.25) is 0 Å². The molecule has 0 aromatic heterocycles. The second kappa shape index (κ2) is 11.4. The molecular weight excluding hydrogens is 304 g/mol. The maximum Gasteiger partial charge on any atom is 0.305 e. The monoisotopic (exact) mass is 338 g/mol. The molecule has 0 bridgehead atoms. The molecule has 0 radical (unpaired) electrons. The summed E-state index contributed by atoms with van der Waals surface area (Å²) in [5.74, 6) is 0.351. The third-order valence-corrected chi connectivity index (χ3v) is 4.86. The van der Waals surface area contributed by atoms with Crippen LogP contribution in [-0.2, 0) is 9.53 Å². The van der Waals surface area contributed by atoms with Crippen LogP contribution in [0.25, 0.3) is 0 Å². The van der Waals surface area contributed by atoms with E-state index in [0.717, 1.165) is 38.5 Å². The molecular formula is C20H34O4. The molecule has 4 heteroatoms. The van der Waals surface area contributed by atoms with E-state index in [0.29, 0.717) is 6.42 Å². The lowest BCUT2D eigenvalue weighted by Gasteiger charge is -2.22. The molecule has 0 fully saturated rings. The SMILES string of the molecule is CCCCCC(O)/C=C/[C@H]1C=C[C@H](O)[C@H]1CCC(C)CC(=O)OC. The van der Waals surface area contributed by atoms with Crippen LogP contribution < -0.4 is 0 Å². The summed E-state index contributed by atoms with van der Waals surface area (Å²) in [4.78, 5) is 11.3. The zero-order chi connectivity index (χ0) is 17.9. The highest BCUT2D eigenvalue weighted by Crippen LogP contribution is 2.32. The molecule has 0 saturated heterocycles. The smallest absolute Gasteiger partial charge is 0.305 e. The molecule has 1 rings (SSSR count). The fraction of sp³-hybridized carbons (Fsp3) is 0.750. The molecule has 2 N–H and O–H groups in total. The molecule has 0 aromatic carbocycles. The maximum absolute atomic E-state index is 11.3. The number of allylic oxidation sites excluding steroid dienone is 2. The molecule has 5 atom stereocenters. The second-order valence-electron chi connectivity index (χ2n) is 7.03. The summed E-state index contributed by atoms with van der Waals surface area (Å²) >= 11 is 0. The number of hydrogen-bond donors (Lipinski definition) is 2. The highest BCUT2D eigenvalue weighted by atomic mass is 16.5. The number of methoxy groups -OCH3 is 1. The van der Waals surface area contributed by atoms with Crippen molar-refractivity contribution in [2.75, 3.05) is 7.11 Å². The van der Waals surface area contributed by atoms with E-state index in [-0.39, 0.29) is 23.7 Å². The maximum atomic E-state index is 11.3. The predicted octanol–water partition coefficient (Wildman–Crippen LogP) is 3.63. The molecule has 1 aliphatic carbocycles. The van der Waals surface area contributed by atoms with Gasteiger partial charge >= 0.3 is 5.97 Å². The van der Waals surface area contributed by atoms with Gasteiger partial charge in [0.1, 0.15) is 0 Å². The minimum atomic E-state index is -0.442. The van der Waals surface area contributed by atoms with Crippen LogP contribution in [0.1, 0.15) is 58.8 Å². The van der Waals surface area contributed by atoms with Crippen molar-refractivity contribution in [1.29, 1.82) is 0 Å². The van der Waals surface area contributed by atoms with Gasteiger partial charge in [0, 0.05) is 12.3 Å². The van der Waals surface area contributed by atoms with E-state index in [1.807, 2.05) is 31.2 Å². The van der Waals surface area contributed by atoms with E-state index in [4.69, 9.17) is 4.74 Å². The van der Waals surface area contributed by atoms with Crippen molar-refractivity contribution in [2.45, 2.75) is 71.0 Å². The standard InChI is InChI=1S/C20H34O4/c1-4-5-6-7-17(21)11-9-16-10-13-19(22)18(16)12-8-15(2)14-20(23)24-3/h9-11,13,15-19,21-22H,4-8,12,14H2,1-3H3/b11-9+/t15?,16-,17?,18-,19-/m0/s1. The first kappa shape index (κ1) is 20.9. The number of ether oxygens (including phenoxy) is 1. The normalized spacial score (nSPS) is 26.0. The van der Waals surface area contributed by atoms with Gasteiger partial charge in [-0.25, -0.2) is 0 Å². The molecule has 0 amide bonds. The van der Waals surface area contributed by atoms with Gasteiger partial charge < -0.3 is 14.9 Å². The third kappa shape index (κ3) is 7.63. The van der Waals surface area contributed by atoms with Crippen LogP contribution >= 0.6 is 0 Å². The van der Waals surface area contributed by atoms with Crippen LogP contribution in [0.2, 0.25) is 0 Å². The van der Waals surface area contributed by atoms with E-state index in [1.54, 1.807) is 0 Å². The van der Waals surface area contributed by atoms with E-state index in [1.165, 1.54) is 7.11 Å². The average Bonchev–Trinajstić information content (AvgIpc) is 2.91. The number of hydrogen-bond acceptors (Lipinski definition) is 4. The minimum absolute atomic E-state index is 0.129. The molecule has 2 unspecified atom stereocenters. The number of carbonyl (C=O) groups excluding carboxylic acids is 1. The Kier molecular flexibility index (Phi) is 9.96. The Bertz CT molecular complexity index is 416. The molecule has 0 saturated carbocycles. The van der Waals surface area contributed by atoms with E-state index >= 15 is 0 Å². The van der Waals surface area contributed by atoms with Crippen LogP contribution in [0.15, 0.2) is 24.3 Å². The number of aliphatic hydroxyl groups excluding tert-OH is 2. The van der Waals surface area contributed by atoms with Gasteiger partial charge in [0.15, 0.2) is 0 Å². The second-order valence-corrected chi connectivity index (χ2v) is 7.03. The van der Waals surface area contributed by atoms with Crippen LogP contribution in [0, 0.1) is 17.8 Å². The molecule has 4 nitrogen and oxygen atoms in total. The first-order valence-electron chi connectivity index (χ1n) is 9.27. The van der Waals surface area contributed by atoms with E-state index < -0.39 is 12.2 Å². The zero-order valence-corrected chi connectivity index (χ0v) is 15.4. The quantitative estimate of drug-likeness (QED) is 0.343. The Morgan fingerprint density at radius 2 is 2.04 bits per heavy atom. The average molecular weight is 338 g/mol. The number of carbonyl (C=O) groups is 1. The van der Waals surface area contributed by atoms with Crippen LogP contribution in [0.5, 0.6) is 0 Å². The number of unbranched alkanes of at least 4 members (excludes halogenated alkanes) is 2. The van der Waals surface area contributed by atoms with Gasteiger partial charge in [0.05, 0.1) is 19.3 Å². The Morgan fingerprint density at radius 3 is 2.71 bits per heavy atom. The Labute approximate surface area is 146 Å². The summed E-state index contributed by atoms with van der Waals surface area (Å²) in [6, 6.07) is 0. The van der Waals surface area contributed by atoms with Crippen molar-refractivity contribution in [1.82, 2.24) is 0 Å². The Morgan fingerprint density at radius 1 is 1.29 bits per heavy atom. The molecule has 0 spiro atoms. The summed E-state index contributed by atoms with van der Waals surface area (Å²) in [5.41, 5.74) is 0. The molecule has 1 aliphatic rings. The van der Waals surface area contributed by atoms with Gasteiger partial charge in [-0.3, -0.25) is 4.79 Å². The topological polar surface area (TPSA) is 66.8 Å². The van der Waals surface area contributed by atoms with Gasteiger partial charge in [-0.15, -0.1) is 0 Å². The lowest BCUT2D eigenvalue weighted by molar-refractivity contribution is -0.141. The van der Waals surface area contributed by atoms with Crippen molar-refractivity contribution >= 4 is 5.97 Å². The fourth-order valence-electron chi connectivity index (χ4n) is 3.23. The molecule has 138 valence electrons. The molecule has 0 aliphatic heterocycles. The summed E-state index contributed by atoms with van der Waals surface area (Å²) in [5, 5.41) is 20.2. The summed E-state index contributed by atoms with van der Waals surface area (Å²) in [6.45, 7) is 4.19. The predicted molar refractivity (Wildman–Crippen MR) is 96.4 cm³/mol. The van der Waals surface area contributed by atoms with Gasteiger partial charge in [-0.1, -0.05) is 57.4 Å². The summed E-state index contributed by atoms with van der Waals surface area (Å²) in [6.07, 6.45) is 13.2. The minimum Gasteiger partial charge on any atom is -0.469 e. The summed E-state index contributed by atoms with van der Waals surface area (Å²) < 4.78 is 4.70. The van der Waals surface area contributed by atoms with E-state index in [2.05, 4.69) is 6.92 Å². The van der Waals surface area contributed by atoms with Gasteiger partial charge in [0.25, 0.3) is 0 Å². The number of rotatable bonds is 11. The number of esters is 1. The van der Waals surface area contributed by atoms with Gasteiger partial charge in [-0.05, 0) is 31.1 Å². The van der Waals surface area contributed by atoms with Crippen molar-refractivity contribution in [3.05, 3.63) is 24.3 Å². The molecule has 0 heterocycles. The lowest BCUT2D eigenvalue weighted by atomic mass is 9.85. The Hall–Kier alpha value is -1.13. The summed E-state index contributed by atoms with van der Waals surface area (Å²) in [7, 11) is 1.41.